The number of ether oxygens (including phenoxy) is 1. The molecular formula is C33H34BNO. The molecule has 0 amide bonds. The minimum Gasteiger partial charge on any atom is -0.458 e. The average Bonchev–Trinajstić information content (AvgIpc) is 2.93. The van der Waals surface area contributed by atoms with E-state index in [1.807, 2.05) is 0 Å². The Morgan fingerprint density at radius 3 is 2.33 bits per heavy atom. The third-order valence-corrected chi connectivity index (χ3v) is 8.47. The molecule has 2 heterocycles. The number of nitrogens with zero attached hydrogens (tertiary/aromatic N) is 1. The Morgan fingerprint density at radius 1 is 0.778 bits per heavy atom. The Labute approximate surface area is 216 Å². The van der Waals surface area contributed by atoms with Gasteiger partial charge in [0.05, 0.1) is 0 Å². The van der Waals surface area contributed by atoms with Crippen LogP contribution in [0.1, 0.15) is 52.5 Å². The zero-order valence-corrected chi connectivity index (χ0v) is 21.8. The summed E-state index contributed by atoms with van der Waals surface area (Å²) in [5.74, 6) is 1.95. The van der Waals surface area contributed by atoms with Gasteiger partial charge in [0.1, 0.15) is 11.5 Å². The molecule has 0 saturated heterocycles. The van der Waals surface area contributed by atoms with Gasteiger partial charge in [-0.15, -0.1) is 0 Å². The number of hydrogen-bond acceptors (Lipinski definition) is 2. The normalized spacial score (nSPS) is 14.9. The van der Waals surface area contributed by atoms with E-state index in [0.29, 0.717) is 0 Å². The molecule has 6 rings (SSSR count). The highest BCUT2D eigenvalue weighted by Gasteiger charge is 2.43. The zero-order valence-electron chi connectivity index (χ0n) is 21.8. The van der Waals surface area contributed by atoms with Crippen LogP contribution in [0.15, 0.2) is 84.9 Å². The van der Waals surface area contributed by atoms with Crippen molar-refractivity contribution in [1.29, 1.82) is 0 Å². The maximum atomic E-state index is 6.55. The number of fused-ring (bicyclic) bond motifs is 4. The molecule has 36 heavy (non-hydrogen) atoms. The lowest BCUT2D eigenvalue weighted by atomic mass is 9.33. The number of hydrogen-bond donors (Lipinski definition) is 0. The first-order valence-corrected chi connectivity index (χ1v) is 13.5. The van der Waals surface area contributed by atoms with Crippen LogP contribution in [0.25, 0.3) is 11.1 Å². The summed E-state index contributed by atoms with van der Waals surface area (Å²) in [6.45, 7) is 10.5. The van der Waals surface area contributed by atoms with E-state index in [4.69, 9.17) is 4.74 Å². The maximum absolute atomic E-state index is 6.55. The molecule has 1 atom stereocenters. The van der Waals surface area contributed by atoms with Gasteiger partial charge in [-0.25, -0.2) is 0 Å². The first-order valence-electron chi connectivity index (χ1n) is 13.5. The van der Waals surface area contributed by atoms with Crippen LogP contribution in [0, 0.1) is 0 Å². The molecule has 4 aromatic rings. The minimum atomic E-state index is 0.141. The smallest absolute Gasteiger partial charge is 0.256 e. The molecule has 4 aromatic carbocycles. The first-order chi connectivity index (χ1) is 17.6. The third-order valence-electron chi connectivity index (χ3n) is 8.47. The van der Waals surface area contributed by atoms with Gasteiger partial charge in [0, 0.05) is 17.9 Å². The summed E-state index contributed by atoms with van der Waals surface area (Å²) in [6, 6.07) is 31.0. The minimum absolute atomic E-state index is 0.141. The lowest BCUT2D eigenvalue weighted by Gasteiger charge is -2.43. The van der Waals surface area contributed by atoms with Gasteiger partial charge < -0.3 is 9.64 Å². The highest BCUT2D eigenvalue weighted by atomic mass is 16.5. The zero-order chi connectivity index (χ0) is 24.9. The molecule has 0 spiro atoms. The molecule has 0 bridgehead atoms. The summed E-state index contributed by atoms with van der Waals surface area (Å²) in [5.41, 5.74) is 10.8. The predicted octanol–water partition coefficient (Wildman–Crippen LogP) is 6.91. The summed E-state index contributed by atoms with van der Waals surface area (Å²) in [7, 11) is 0. The fourth-order valence-corrected chi connectivity index (χ4v) is 6.51. The van der Waals surface area contributed by atoms with Gasteiger partial charge in [-0.2, -0.15) is 0 Å². The standard InChI is InChI=1S/C33H34BNO/c1-5-21-33(4,6-2)25-15-11-16-26-32(25)35(7-3)28-17-12-18-30-31(28)34(26)27-22-24(19-20-29(27)36-30)23-13-9-8-10-14-23/h8-20,22H,5-7,21H2,1-4H3. The Morgan fingerprint density at radius 2 is 1.58 bits per heavy atom. The third kappa shape index (κ3) is 3.40. The first kappa shape index (κ1) is 23.0. The molecule has 0 aliphatic carbocycles. The van der Waals surface area contributed by atoms with Gasteiger partial charge in [-0.1, -0.05) is 93.9 Å². The summed E-state index contributed by atoms with van der Waals surface area (Å²) in [4.78, 5) is 2.54. The Hall–Kier alpha value is -3.46. The number of benzene rings is 4. The van der Waals surface area contributed by atoms with Crippen molar-refractivity contribution in [3.05, 3.63) is 90.5 Å². The topological polar surface area (TPSA) is 12.5 Å². The lowest BCUT2D eigenvalue weighted by Crippen LogP contribution is -2.60. The summed E-state index contributed by atoms with van der Waals surface area (Å²) >= 11 is 0. The maximum Gasteiger partial charge on any atom is 0.256 e. The van der Waals surface area contributed by atoms with Gasteiger partial charge >= 0.3 is 0 Å². The summed E-state index contributed by atoms with van der Waals surface area (Å²) < 4.78 is 6.55. The fraction of sp³-hybridized carbons (Fsp3) is 0.273. The Balaban J connectivity index is 1.63. The molecule has 3 heteroatoms. The molecule has 2 aliphatic rings. The molecule has 1 unspecified atom stereocenters. The van der Waals surface area contributed by atoms with Crippen LogP contribution in [0.3, 0.4) is 0 Å². The van der Waals surface area contributed by atoms with E-state index in [-0.39, 0.29) is 12.1 Å². The van der Waals surface area contributed by atoms with Gasteiger partial charge in [0.15, 0.2) is 0 Å². The highest BCUT2D eigenvalue weighted by molar-refractivity contribution is 6.99. The van der Waals surface area contributed by atoms with Crippen LogP contribution in [0.4, 0.5) is 11.4 Å². The monoisotopic (exact) mass is 471 g/mol. The largest absolute Gasteiger partial charge is 0.458 e. The average molecular weight is 471 g/mol. The van der Waals surface area contributed by atoms with Crippen molar-refractivity contribution >= 4 is 34.5 Å². The van der Waals surface area contributed by atoms with Crippen molar-refractivity contribution in [2.45, 2.75) is 52.4 Å². The van der Waals surface area contributed by atoms with Gasteiger partial charge in [0.25, 0.3) is 6.71 Å². The van der Waals surface area contributed by atoms with E-state index >= 15 is 0 Å². The van der Waals surface area contributed by atoms with E-state index in [1.165, 1.54) is 57.3 Å². The SMILES string of the molecule is CCCC(C)(CC)c1cccc2c1N(CC)c1cccc3c1B2c1cc(-c2ccccc2)ccc1O3. The van der Waals surface area contributed by atoms with Crippen LogP contribution in [0.5, 0.6) is 11.5 Å². The number of para-hydroxylation sites is 1. The van der Waals surface area contributed by atoms with E-state index in [9.17, 15) is 0 Å². The summed E-state index contributed by atoms with van der Waals surface area (Å²) in [6.07, 6.45) is 3.50. The van der Waals surface area contributed by atoms with Crippen molar-refractivity contribution in [1.82, 2.24) is 0 Å². The quantitative estimate of drug-likeness (QED) is 0.250. The van der Waals surface area contributed by atoms with Crippen LogP contribution < -0.4 is 26.0 Å². The molecule has 2 aliphatic heterocycles. The molecular weight excluding hydrogens is 437 g/mol. The Bertz CT molecular complexity index is 1430. The van der Waals surface area contributed by atoms with E-state index in [2.05, 4.69) is 118 Å². The van der Waals surface area contributed by atoms with E-state index in [0.717, 1.165) is 24.5 Å². The van der Waals surface area contributed by atoms with Crippen LogP contribution in [-0.2, 0) is 5.41 Å². The lowest BCUT2D eigenvalue weighted by molar-refractivity contribution is 0.414. The molecule has 0 radical (unpaired) electrons. The van der Waals surface area contributed by atoms with Crippen LogP contribution in [-0.4, -0.2) is 13.3 Å². The molecule has 0 aromatic heterocycles. The molecule has 0 saturated carbocycles. The fourth-order valence-electron chi connectivity index (χ4n) is 6.51. The van der Waals surface area contributed by atoms with E-state index in [1.54, 1.807) is 0 Å². The van der Waals surface area contributed by atoms with Crippen molar-refractivity contribution < 1.29 is 4.74 Å². The highest BCUT2D eigenvalue weighted by Crippen LogP contribution is 2.43. The molecule has 2 nitrogen and oxygen atoms in total. The number of anilines is 2. The summed E-state index contributed by atoms with van der Waals surface area (Å²) in [5, 5.41) is 0. The predicted molar refractivity (Wildman–Crippen MR) is 155 cm³/mol. The van der Waals surface area contributed by atoms with E-state index < -0.39 is 0 Å². The van der Waals surface area contributed by atoms with Crippen molar-refractivity contribution in [3.63, 3.8) is 0 Å². The van der Waals surface area contributed by atoms with Gasteiger partial charge in [-0.3, -0.25) is 0 Å². The van der Waals surface area contributed by atoms with Crippen molar-refractivity contribution in [2.24, 2.45) is 0 Å². The second kappa shape index (κ2) is 8.89. The van der Waals surface area contributed by atoms with Gasteiger partial charge in [0.2, 0.25) is 0 Å². The van der Waals surface area contributed by atoms with Crippen molar-refractivity contribution in [2.75, 3.05) is 11.4 Å². The number of rotatable bonds is 6. The van der Waals surface area contributed by atoms with Gasteiger partial charge in [-0.05, 0) is 76.5 Å². The van der Waals surface area contributed by atoms with Crippen LogP contribution >= 0.6 is 0 Å². The second-order valence-corrected chi connectivity index (χ2v) is 10.5. The van der Waals surface area contributed by atoms with Crippen molar-refractivity contribution in [3.8, 4) is 22.6 Å². The Kier molecular flexibility index (Phi) is 5.67. The molecule has 0 fully saturated rings. The molecule has 0 N–H and O–H groups in total. The second-order valence-electron chi connectivity index (χ2n) is 10.5. The molecule has 180 valence electrons. The van der Waals surface area contributed by atoms with Crippen LogP contribution in [0.2, 0.25) is 0 Å².